The number of aryl methyl sites for hydroxylation is 2. The molecule has 0 aromatic heterocycles. The molecule has 0 aliphatic rings. The number of hydrogen-bond acceptors (Lipinski definition) is 5. The largest absolute Gasteiger partial charge is 0.496 e. The van der Waals surface area contributed by atoms with E-state index in [2.05, 4.69) is 68.8 Å². The quantitative estimate of drug-likeness (QED) is 0.116. The molecule has 0 amide bonds. The lowest BCUT2D eigenvalue weighted by Gasteiger charge is -2.20. The van der Waals surface area contributed by atoms with Crippen LogP contribution in [0, 0.1) is 13.8 Å². The Balaban J connectivity index is 0.000000250. The summed E-state index contributed by atoms with van der Waals surface area (Å²) in [5, 5.41) is 9.38. The van der Waals surface area contributed by atoms with Crippen molar-refractivity contribution in [3.05, 3.63) is 140 Å². The molecule has 0 fully saturated rings. The van der Waals surface area contributed by atoms with Crippen LogP contribution >= 0.6 is 31.9 Å². The lowest BCUT2D eigenvalue weighted by molar-refractivity contribution is 0.0986. The number of benzene rings is 4. The fourth-order valence-corrected chi connectivity index (χ4v) is 6.72. The van der Waals surface area contributed by atoms with Crippen LogP contribution in [0.15, 0.2) is 107 Å². The fourth-order valence-electron chi connectivity index (χ4n) is 5.16. The van der Waals surface area contributed by atoms with Crippen molar-refractivity contribution in [2.45, 2.75) is 51.7 Å². The number of allylic oxidation sites excluding steroid dienone is 1. The molecule has 0 aliphatic carbocycles. The highest BCUT2D eigenvalue weighted by molar-refractivity contribution is 9.10. The Hall–Kier alpha value is -2.94. The van der Waals surface area contributed by atoms with E-state index in [0.29, 0.717) is 32.8 Å². The standard InChI is InChI=1S/C20H23BrO2.C19H23BrO3/c1-4-8-17(14-23-13-16-9-6-5-7-10-16)18-12-20(22-3)15(2)11-19(18)21;1-14-10-18(20)17(11-19(14)22-2)16(8-9-21)13-23-12-15-6-4-3-5-7-15/h4-7,9-12,17H,1,8,13-14H2,2-3H3;3-7,10-11,16,21H,8-9,12-13H2,1-2H3. The highest BCUT2D eigenvalue weighted by Crippen LogP contribution is 2.35. The Bertz CT molecular complexity index is 1480. The van der Waals surface area contributed by atoms with E-state index in [-0.39, 0.29) is 18.4 Å². The van der Waals surface area contributed by atoms with E-state index in [4.69, 9.17) is 18.9 Å². The van der Waals surface area contributed by atoms with Crippen molar-refractivity contribution in [2.24, 2.45) is 0 Å². The smallest absolute Gasteiger partial charge is 0.122 e. The Morgan fingerprint density at radius 2 is 1.13 bits per heavy atom. The summed E-state index contributed by atoms with van der Waals surface area (Å²) < 4.78 is 24.8. The molecule has 4 rings (SSSR count). The van der Waals surface area contributed by atoms with Crippen molar-refractivity contribution < 1.29 is 24.1 Å². The van der Waals surface area contributed by atoms with E-state index < -0.39 is 0 Å². The van der Waals surface area contributed by atoms with E-state index in [1.807, 2.05) is 74.5 Å². The van der Waals surface area contributed by atoms with E-state index in [9.17, 15) is 5.11 Å². The Kier molecular flexibility index (Phi) is 16.6. The van der Waals surface area contributed by atoms with Gasteiger partial charge in [0.15, 0.2) is 0 Å². The summed E-state index contributed by atoms with van der Waals surface area (Å²) >= 11 is 7.30. The zero-order valence-corrected chi connectivity index (χ0v) is 30.5. The number of aliphatic hydroxyl groups is 1. The summed E-state index contributed by atoms with van der Waals surface area (Å²) in [5.74, 6) is 2.13. The van der Waals surface area contributed by atoms with Gasteiger partial charge in [-0.25, -0.2) is 0 Å². The van der Waals surface area contributed by atoms with Gasteiger partial charge in [-0.2, -0.15) is 0 Å². The molecule has 0 aliphatic heterocycles. The average Bonchev–Trinajstić information content (AvgIpc) is 3.06. The van der Waals surface area contributed by atoms with Crippen LogP contribution in [0.5, 0.6) is 11.5 Å². The molecule has 46 heavy (non-hydrogen) atoms. The zero-order valence-electron chi connectivity index (χ0n) is 27.3. The van der Waals surface area contributed by atoms with Crippen molar-refractivity contribution in [2.75, 3.05) is 34.0 Å². The van der Waals surface area contributed by atoms with E-state index >= 15 is 0 Å². The van der Waals surface area contributed by atoms with Gasteiger partial charge in [0.1, 0.15) is 11.5 Å². The third-order valence-electron chi connectivity index (χ3n) is 7.70. The molecule has 1 N–H and O–H groups in total. The van der Waals surface area contributed by atoms with E-state index in [0.717, 1.165) is 49.1 Å². The lowest BCUT2D eigenvalue weighted by Crippen LogP contribution is -2.11. The molecular weight excluding hydrogens is 708 g/mol. The first-order valence-electron chi connectivity index (χ1n) is 15.4. The molecule has 0 bridgehead atoms. The van der Waals surface area contributed by atoms with Gasteiger partial charge in [0.05, 0.1) is 40.6 Å². The predicted molar refractivity (Wildman–Crippen MR) is 195 cm³/mol. The molecule has 0 radical (unpaired) electrons. The first-order valence-corrected chi connectivity index (χ1v) is 17.0. The van der Waals surface area contributed by atoms with Gasteiger partial charge in [0.2, 0.25) is 0 Å². The molecule has 0 saturated carbocycles. The summed E-state index contributed by atoms with van der Waals surface area (Å²) in [6.07, 6.45) is 3.45. The molecule has 4 aromatic carbocycles. The Labute approximate surface area is 291 Å². The second kappa shape index (κ2) is 20.3. The zero-order chi connectivity index (χ0) is 33.3. The SMILES string of the molecule is C=CCC(COCc1ccccc1)c1cc(OC)c(C)cc1Br.COc1cc(C(CCO)COCc2ccccc2)c(Br)cc1C. The lowest BCUT2D eigenvalue weighted by atomic mass is 9.95. The molecule has 5 nitrogen and oxygen atoms in total. The van der Waals surface area contributed by atoms with Gasteiger partial charge in [-0.05, 0) is 84.3 Å². The molecule has 7 heteroatoms. The predicted octanol–water partition coefficient (Wildman–Crippen LogP) is 10.1. The first-order chi connectivity index (χ1) is 22.3. The summed E-state index contributed by atoms with van der Waals surface area (Å²) in [6.45, 7) is 10.5. The maximum atomic E-state index is 9.38. The molecule has 2 atom stereocenters. The minimum absolute atomic E-state index is 0.118. The van der Waals surface area contributed by atoms with Crippen LogP contribution in [-0.4, -0.2) is 39.1 Å². The van der Waals surface area contributed by atoms with Crippen LogP contribution in [-0.2, 0) is 22.7 Å². The first kappa shape index (κ1) is 37.5. The van der Waals surface area contributed by atoms with Gasteiger partial charge in [0, 0.05) is 27.4 Å². The van der Waals surface area contributed by atoms with Crippen molar-refractivity contribution in [1.82, 2.24) is 0 Å². The molecule has 0 heterocycles. The highest BCUT2D eigenvalue weighted by Gasteiger charge is 2.18. The third kappa shape index (κ3) is 11.7. The van der Waals surface area contributed by atoms with Gasteiger partial charge < -0.3 is 24.1 Å². The Morgan fingerprint density at radius 1 is 0.696 bits per heavy atom. The third-order valence-corrected chi connectivity index (χ3v) is 9.07. The van der Waals surface area contributed by atoms with E-state index in [1.54, 1.807) is 14.2 Å². The molecule has 0 spiro atoms. The summed E-state index contributed by atoms with van der Waals surface area (Å²) in [5.41, 5.74) is 6.83. The van der Waals surface area contributed by atoms with Crippen molar-refractivity contribution in [3.63, 3.8) is 0 Å². The topological polar surface area (TPSA) is 57.2 Å². The van der Waals surface area contributed by atoms with Gasteiger partial charge in [0.25, 0.3) is 0 Å². The van der Waals surface area contributed by atoms with Crippen LogP contribution in [0.3, 0.4) is 0 Å². The van der Waals surface area contributed by atoms with Crippen LogP contribution in [0.1, 0.15) is 58.1 Å². The Morgan fingerprint density at radius 3 is 1.54 bits per heavy atom. The van der Waals surface area contributed by atoms with Gasteiger partial charge >= 0.3 is 0 Å². The maximum Gasteiger partial charge on any atom is 0.122 e. The van der Waals surface area contributed by atoms with Crippen molar-refractivity contribution in [1.29, 1.82) is 0 Å². The molecular formula is C39H46Br2O5. The maximum absolute atomic E-state index is 9.38. The van der Waals surface area contributed by atoms with Gasteiger partial charge in [-0.3, -0.25) is 0 Å². The number of aliphatic hydroxyl groups excluding tert-OH is 1. The van der Waals surface area contributed by atoms with E-state index in [1.165, 1.54) is 11.1 Å². The fraction of sp³-hybridized carbons (Fsp3) is 0.333. The summed E-state index contributed by atoms with van der Waals surface area (Å²) in [6, 6.07) is 28.6. The minimum Gasteiger partial charge on any atom is -0.496 e. The normalized spacial score (nSPS) is 12.1. The minimum atomic E-state index is 0.118. The van der Waals surface area contributed by atoms with Gasteiger partial charge in [-0.1, -0.05) is 98.6 Å². The number of ether oxygens (including phenoxy) is 4. The monoisotopic (exact) mass is 752 g/mol. The molecule has 246 valence electrons. The molecule has 0 saturated heterocycles. The number of halogens is 2. The second-order valence-electron chi connectivity index (χ2n) is 11.1. The number of rotatable bonds is 16. The average molecular weight is 755 g/mol. The van der Waals surface area contributed by atoms with Crippen LogP contribution in [0.2, 0.25) is 0 Å². The highest BCUT2D eigenvalue weighted by atomic mass is 79.9. The second-order valence-corrected chi connectivity index (χ2v) is 12.8. The summed E-state index contributed by atoms with van der Waals surface area (Å²) in [7, 11) is 3.38. The van der Waals surface area contributed by atoms with Crippen molar-refractivity contribution >= 4 is 31.9 Å². The van der Waals surface area contributed by atoms with Crippen LogP contribution in [0.25, 0.3) is 0 Å². The number of methoxy groups -OCH3 is 2. The number of hydrogen-bond donors (Lipinski definition) is 1. The summed E-state index contributed by atoms with van der Waals surface area (Å²) in [4.78, 5) is 0. The van der Waals surface area contributed by atoms with Crippen LogP contribution in [0.4, 0.5) is 0 Å². The molecule has 2 unspecified atom stereocenters. The van der Waals surface area contributed by atoms with Crippen LogP contribution < -0.4 is 9.47 Å². The van der Waals surface area contributed by atoms with Crippen molar-refractivity contribution in [3.8, 4) is 11.5 Å². The van der Waals surface area contributed by atoms with Gasteiger partial charge in [-0.15, -0.1) is 6.58 Å². The molecule has 4 aromatic rings.